The molecule has 1 atom stereocenters. The van der Waals surface area contributed by atoms with Crippen LogP contribution in [0.2, 0.25) is 5.02 Å². The molecule has 0 aliphatic carbocycles. The van der Waals surface area contributed by atoms with Crippen LogP contribution >= 0.6 is 23.2 Å². The van der Waals surface area contributed by atoms with Crippen molar-refractivity contribution in [1.82, 2.24) is 4.57 Å². The van der Waals surface area contributed by atoms with Gasteiger partial charge in [0.25, 0.3) is 5.25 Å². The molecule has 1 aromatic heterocycles. The van der Waals surface area contributed by atoms with Crippen LogP contribution in [0, 0.1) is 0 Å². The third-order valence-electron chi connectivity index (χ3n) is 3.34. The Morgan fingerprint density at radius 1 is 1.40 bits per heavy atom. The molecule has 1 unspecified atom stereocenters. The number of nitrogens with zero attached hydrogens (tertiary/aromatic N) is 1. The summed E-state index contributed by atoms with van der Waals surface area (Å²) in [7, 11) is 0. The molecule has 0 fully saturated rings. The van der Waals surface area contributed by atoms with E-state index in [1.165, 1.54) is 16.8 Å². The minimum Gasteiger partial charge on any atom is -0.448 e. The number of fused-ring (bicyclic) bond motifs is 1. The van der Waals surface area contributed by atoms with E-state index < -0.39 is 16.9 Å². The number of halogens is 2. The van der Waals surface area contributed by atoms with Crippen molar-refractivity contribution in [3.63, 3.8) is 0 Å². The molecule has 2 aromatic rings. The molecule has 0 aliphatic rings. The number of rotatable bonds is 4. The van der Waals surface area contributed by atoms with Crippen molar-refractivity contribution >= 4 is 46.5 Å². The fourth-order valence-corrected chi connectivity index (χ4v) is 2.57. The van der Waals surface area contributed by atoms with Crippen LogP contribution in [-0.4, -0.2) is 32.9 Å². The number of hydrogen-bond acceptors (Lipinski definition) is 5. The van der Waals surface area contributed by atoms with Gasteiger partial charge in [-0.05, 0) is 38.4 Å². The highest BCUT2D eigenvalue weighted by molar-refractivity contribution is 6.36. The third kappa shape index (κ3) is 4.26. The third-order valence-corrected chi connectivity index (χ3v) is 3.97. The van der Waals surface area contributed by atoms with Crippen LogP contribution in [0.3, 0.4) is 0 Å². The summed E-state index contributed by atoms with van der Waals surface area (Å²) >= 11 is 12.1. The summed E-state index contributed by atoms with van der Waals surface area (Å²) in [5.74, 6) is 0.0220. The number of carbonyl (C=O) groups is 2. The first kappa shape index (κ1) is 19.6. The second-order valence-electron chi connectivity index (χ2n) is 6.46. The van der Waals surface area contributed by atoms with Gasteiger partial charge in [-0.15, -0.1) is 0 Å². The van der Waals surface area contributed by atoms with Crippen molar-refractivity contribution in [2.24, 2.45) is 0 Å². The second kappa shape index (κ2) is 6.86. The van der Waals surface area contributed by atoms with Crippen LogP contribution in [0.15, 0.2) is 18.3 Å². The zero-order valence-corrected chi connectivity index (χ0v) is 15.8. The molecule has 0 amide bonds. The summed E-state index contributed by atoms with van der Waals surface area (Å²) in [6, 6.07) is 2.87. The average Bonchev–Trinajstić information content (AvgIpc) is 2.91. The summed E-state index contributed by atoms with van der Waals surface area (Å²) in [6.07, 6.45) is 1.46. The average molecular weight is 388 g/mol. The number of carbonyl (C=O) groups excluding carboxylic acids is 2. The first-order chi connectivity index (χ1) is 11.5. The van der Waals surface area contributed by atoms with E-state index in [2.05, 4.69) is 0 Å². The van der Waals surface area contributed by atoms with Crippen molar-refractivity contribution in [3.05, 3.63) is 28.9 Å². The van der Waals surface area contributed by atoms with Gasteiger partial charge in [-0.25, -0.2) is 4.79 Å². The van der Waals surface area contributed by atoms with Gasteiger partial charge < -0.3 is 14.6 Å². The van der Waals surface area contributed by atoms with Crippen LogP contribution < -0.4 is 4.74 Å². The molecule has 2 rings (SSSR count). The number of ether oxygens (including phenoxy) is 2. The molecule has 6 nitrogen and oxygen atoms in total. The van der Waals surface area contributed by atoms with E-state index in [1.807, 2.05) is 0 Å². The molecule has 0 bridgehead atoms. The first-order valence-corrected chi connectivity index (χ1v) is 8.37. The molecule has 136 valence electrons. The lowest BCUT2D eigenvalue weighted by atomic mass is 10.1. The van der Waals surface area contributed by atoms with E-state index in [-0.39, 0.29) is 22.8 Å². The minimum absolute atomic E-state index is 0.0220. The van der Waals surface area contributed by atoms with Gasteiger partial charge in [0.05, 0.1) is 16.1 Å². The van der Waals surface area contributed by atoms with Crippen LogP contribution in [0.5, 0.6) is 5.75 Å². The van der Waals surface area contributed by atoms with E-state index in [0.29, 0.717) is 17.2 Å². The highest BCUT2D eigenvalue weighted by Crippen LogP contribution is 2.36. The number of aldehydes is 1. The monoisotopic (exact) mass is 387 g/mol. The molecule has 0 saturated heterocycles. The molecule has 0 radical (unpaired) electrons. The molecule has 8 heteroatoms. The van der Waals surface area contributed by atoms with E-state index in [9.17, 15) is 14.7 Å². The number of hydrogen-bond donors (Lipinski definition) is 1. The van der Waals surface area contributed by atoms with Crippen LogP contribution in [-0.2, 0) is 4.74 Å². The molecular weight excluding hydrogens is 369 g/mol. The highest BCUT2D eigenvalue weighted by Gasteiger charge is 2.27. The SMILES string of the molecule is CCC(O)(Cl)Oc1cc(Cl)c2c(ccn2C(=O)OC(C)(C)C)c1C=O. The topological polar surface area (TPSA) is 77.8 Å². The molecule has 0 spiro atoms. The fraction of sp³-hybridized carbons (Fsp3) is 0.412. The smallest absolute Gasteiger partial charge is 0.419 e. The van der Waals surface area contributed by atoms with Crippen molar-refractivity contribution in [1.29, 1.82) is 0 Å². The Morgan fingerprint density at radius 3 is 2.56 bits per heavy atom. The van der Waals surface area contributed by atoms with Gasteiger partial charge in [0.15, 0.2) is 6.29 Å². The predicted molar refractivity (Wildman–Crippen MR) is 95.7 cm³/mol. The first-order valence-electron chi connectivity index (χ1n) is 7.61. The standard InChI is InChI=1S/C17H19Cl2NO5/c1-5-17(19,23)24-13-8-12(18)14-10(11(13)9-21)6-7-20(14)15(22)25-16(2,3)4/h6-9,23H,5H2,1-4H3. The Bertz CT molecular complexity index is 821. The molecule has 1 heterocycles. The number of benzene rings is 1. The van der Waals surface area contributed by atoms with Gasteiger partial charge in [-0.2, -0.15) is 0 Å². The van der Waals surface area contributed by atoms with E-state index in [1.54, 1.807) is 33.8 Å². The summed E-state index contributed by atoms with van der Waals surface area (Å²) in [4.78, 5) is 23.9. The maximum atomic E-state index is 12.3. The Kier molecular flexibility index (Phi) is 5.37. The molecule has 1 N–H and O–H groups in total. The molecule has 0 saturated carbocycles. The maximum absolute atomic E-state index is 12.3. The fourth-order valence-electron chi connectivity index (χ4n) is 2.20. The number of alkyl halides is 1. The van der Waals surface area contributed by atoms with Crippen molar-refractivity contribution in [3.8, 4) is 5.75 Å². The Labute approximate surface area is 155 Å². The molecule has 1 aromatic carbocycles. The van der Waals surface area contributed by atoms with E-state index >= 15 is 0 Å². The zero-order chi connectivity index (χ0) is 19.0. The van der Waals surface area contributed by atoms with Gasteiger partial charge in [-0.1, -0.05) is 18.5 Å². The van der Waals surface area contributed by atoms with Crippen LogP contribution in [0.4, 0.5) is 4.79 Å². The Hall–Kier alpha value is -1.76. The quantitative estimate of drug-likeness (QED) is 0.472. The normalized spacial score (nSPS) is 14.2. The minimum atomic E-state index is -1.97. The summed E-state index contributed by atoms with van der Waals surface area (Å²) in [5, 5.41) is 8.45. The maximum Gasteiger partial charge on any atom is 0.419 e. The van der Waals surface area contributed by atoms with Gasteiger partial charge in [0.1, 0.15) is 11.4 Å². The molecule has 0 aliphatic heterocycles. The zero-order valence-electron chi connectivity index (χ0n) is 14.3. The summed E-state index contributed by atoms with van der Waals surface area (Å²) < 4.78 is 11.8. The van der Waals surface area contributed by atoms with Gasteiger partial charge >= 0.3 is 6.09 Å². The lowest BCUT2D eigenvalue weighted by molar-refractivity contribution is -0.0631. The van der Waals surface area contributed by atoms with Gasteiger partial charge in [0, 0.05) is 24.1 Å². The van der Waals surface area contributed by atoms with Gasteiger partial charge in [-0.3, -0.25) is 9.36 Å². The van der Waals surface area contributed by atoms with Crippen molar-refractivity contribution < 1.29 is 24.2 Å². The Morgan fingerprint density at radius 2 is 2.04 bits per heavy atom. The number of aliphatic hydroxyl groups is 1. The van der Waals surface area contributed by atoms with Crippen LogP contribution in [0.1, 0.15) is 44.5 Å². The Balaban J connectivity index is 2.59. The van der Waals surface area contributed by atoms with Crippen LogP contribution in [0.25, 0.3) is 10.9 Å². The van der Waals surface area contributed by atoms with E-state index in [4.69, 9.17) is 32.7 Å². The largest absolute Gasteiger partial charge is 0.448 e. The van der Waals surface area contributed by atoms with Gasteiger partial charge in [0.2, 0.25) is 0 Å². The molecule has 25 heavy (non-hydrogen) atoms. The van der Waals surface area contributed by atoms with Crippen molar-refractivity contribution in [2.45, 2.75) is 45.0 Å². The predicted octanol–water partition coefficient (Wildman–Crippen LogP) is 4.56. The lowest BCUT2D eigenvalue weighted by Crippen LogP contribution is -2.28. The molecular formula is C17H19Cl2NO5. The number of aromatic nitrogens is 1. The summed E-state index contributed by atoms with van der Waals surface area (Å²) in [6.45, 7) is 6.85. The van der Waals surface area contributed by atoms with E-state index in [0.717, 1.165) is 0 Å². The summed E-state index contributed by atoms with van der Waals surface area (Å²) in [5.41, 5.74) is -0.262. The van der Waals surface area contributed by atoms with Crippen molar-refractivity contribution in [2.75, 3.05) is 0 Å². The second-order valence-corrected chi connectivity index (χ2v) is 7.46. The lowest BCUT2D eigenvalue weighted by Gasteiger charge is -2.22. The highest BCUT2D eigenvalue weighted by atomic mass is 35.5.